The third-order valence-electron chi connectivity index (χ3n) is 1.96. The number of rotatable bonds is 7. The van der Waals surface area contributed by atoms with Crippen LogP contribution in [-0.4, -0.2) is 24.7 Å². The molecule has 0 aromatic carbocycles. The van der Waals surface area contributed by atoms with Crippen molar-refractivity contribution < 1.29 is 4.74 Å². The van der Waals surface area contributed by atoms with E-state index in [1.54, 1.807) is 12.4 Å². The van der Waals surface area contributed by atoms with Gasteiger partial charge in [-0.25, -0.2) is 0 Å². The predicted molar refractivity (Wildman–Crippen MR) is 62.1 cm³/mol. The number of pyridine rings is 1. The molecular weight excluding hydrogens is 212 g/mol. The second kappa shape index (κ2) is 7.63. The highest BCUT2D eigenvalue weighted by Gasteiger charge is 1.98. The van der Waals surface area contributed by atoms with E-state index in [1.807, 2.05) is 6.07 Å². The first-order valence-corrected chi connectivity index (χ1v) is 5.59. The smallest absolute Gasteiger partial charge is 0.0733 e. The van der Waals surface area contributed by atoms with E-state index < -0.39 is 0 Å². The first-order valence-electron chi connectivity index (χ1n) is 5.21. The Labute approximate surface area is 95.8 Å². The fourth-order valence-corrected chi connectivity index (χ4v) is 1.32. The minimum atomic E-state index is 0.551. The van der Waals surface area contributed by atoms with Crippen molar-refractivity contribution in [1.29, 1.82) is 0 Å². The normalized spacial score (nSPS) is 10.5. The van der Waals surface area contributed by atoms with Crippen LogP contribution in [0.2, 0.25) is 5.02 Å². The summed E-state index contributed by atoms with van der Waals surface area (Å²) < 4.78 is 5.47. The summed E-state index contributed by atoms with van der Waals surface area (Å²) in [5, 5.41) is 3.93. The van der Waals surface area contributed by atoms with Gasteiger partial charge in [-0.3, -0.25) is 4.98 Å². The van der Waals surface area contributed by atoms with Crippen molar-refractivity contribution >= 4 is 11.6 Å². The molecule has 0 bridgehead atoms. The first kappa shape index (κ1) is 12.4. The Balaban J connectivity index is 2.12. The molecule has 0 unspecified atom stereocenters. The molecule has 0 radical (unpaired) electrons. The Morgan fingerprint density at radius 2 is 2.33 bits per heavy atom. The fourth-order valence-electron chi connectivity index (χ4n) is 1.15. The molecule has 1 N–H and O–H groups in total. The van der Waals surface area contributed by atoms with Gasteiger partial charge in [0.1, 0.15) is 0 Å². The minimum absolute atomic E-state index is 0.551. The van der Waals surface area contributed by atoms with Crippen molar-refractivity contribution in [3.05, 3.63) is 29.0 Å². The second-order valence-electron chi connectivity index (χ2n) is 3.27. The van der Waals surface area contributed by atoms with Crippen molar-refractivity contribution in [3.8, 4) is 0 Å². The molecule has 15 heavy (non-hydrogen) atoms. The zero-order chi connectivity index (χ0) is 10.9. The molecule has 0 aliphatic carbocycles. The van der Waals surface area contributed by atoms with E-state index in [9.17, 15) is 0 Å². The summed E-state index contributed by atoms with van der Waals surface area (Å²) in [7, 11) is 0. The van der Waals surface area contributed by atoms with Crippen molar-refractivity contribution in [2.75, 3.05) is 19.7 Å². The fraction of sp³-hybridized carbons (Fsp3) is 0.545. The Kier molecular flexibility index (Phi) is 6.32. The molecule has 1 rings (SSSR count). The van der Waals surface area contributed by atoms with Crippen LogP contribution in [0.1, 0.15) is 18.9 Å². The molecule has 1 aromatic rings. The van der Waals surface area contributed by atoms with Crippen LogP contribution in [0.15, 0.2) is 18.5 Å². The molecule has 0 atom stereocenters. The maximum absolute atomic E-state index is 5.93. The van der Waals surface area contributed by atoms with Gasteiger partial charge in [0.15, 0.2) is 0 Å². The molecule has 84 valence electrons. The summed E-state index contributed by atoms with van der Waals surface area (Å²) in [5.41, 5.74) is 0.988. The molecule has 0 saturated carbocycles. The zero-order valence-corrected chi connectivity index (χ0v) is 9.76. The number of nitrogens with zero attached hydrogens (tertiary/aromatic N) is 1. The number of hydrogen-bond donors (Lipinski definition) is 1. The van der Waals surface area contributed by atoms with Gasteiger partial charge in [-0.15, -0.1) is 0 Å². The van der Waals surface area contributed by atoms with E-state index in [2.05, 4.69) is 17.2 Å². The third kappa shape index (κ3) is 5.11. The summed E-state index contributed by atoms with van der Waals surface area (Å²) in [5.74, 6) is 0. The van der Waals surface area contributed by atoms with Crippen molar-refractivity contribution in [2.24, 2.45) is 0 Å². The topological polar surface area (TPSA) is 34.1 Å². The van der Waals surface area contributed by atoms with Crippen LogP contribution >= 0.6 is 11.6 Å². The van der Waals surface area contributed by atoms with E-state index in [0.29, 0.717) is 18.2 Å². The van der Waals surface area contributed by atoms with E-state index in [0.717, 1.165) is 25.1 Å². The first-order chi connectivity index (χ1) is 7.34. The lowest BCUT2D eigenvalue weighted by Crippen LogP contribution is -2.20. The lowest BCUT2D eigenvalue weighted by Gasteiger charge is -2.06. The predicted octanol–water partition coefficient (Wildman–Crippen LogP) is 2.25. The summed E-state index contributed by atoms with van der Waals surface area (Å²) in [6.07, 6.45) is 4.51. The maximum Gasteiger partial charge on any atom is 0.0733 e. The molecule has 0 saturated heterocycles. The standard InChI is InChI=1S/C11H17ClN2O/c1-2-4-13-6-7-15-9-10-3-5-14-8-11(10)12/h3,5,8,13H,2,4,6-7,9H2,1H3. The molecule has 0 aliphatic heterocycles. The van der Waals surface area contributed by atoms with Crippen molar-refractivity contribution in [3.63, 3.8) is 0 Å². The van der Waals surface area contributed by atoms with Gasteiger partial charge in [0.25, 0.3) is 0 Å². The summed E-state index contributed by atoms with van der Waals surface area (Å²) >= 11 is 5.93. The minimum Gasteiger partial charge on any atom is -0.375 e. The number of aromatic nitrogens is 1. The number of halogens is 1. The van der Waals surface area contributed by atoms with E-state index >= 15 is 0 Å². The Morgan fingerprint density at radius 1 is 1.47 bits per heavy atom. The third-order valence-corrected chi connectivity index (χ3v) is 2.30. The van der Waals surface area contributed by atoms with Crippen molar-refractivity contribution in [1.82, 2.24) is 10.3 Å². The van der Waals surface area contributed by atoms with E-state index in [1.165, 1.54) is 0 Å². The molecular formula is C11H17ClN2O. The summed E-state index contributed by atoms with van der Waals surface area (Å²) in [6.45, 7) is 5.33. The highest BCUT2D eigenvalue weighted by molar-refractivity contribution is 6.31. The van der Waals surface area contributed by atoms with Crippen LogP contribution < -0.4 is 5.32 Å². The molecule has 0 aliphatic rings. The maximum atomic E-state index is 5.93. The van der Waals surface area contributed by atoms with Crippen LogP contribution in [0.4, 0.5) is 0 Å². The SMILES string of the molecule is CCCNCCOCc1ccncc1Cl. The molecule has 0 fully saturated rings. The van der Waals surface area contributed by atoms with E-state index in [4.69, 9.17) is 16.3 Å². The number of nitrogens with one attached hydrogen (secondary N) is 1. The zero-order valence-electron chi connectivity index (χ0n) is 9.00. The quantitative estimate of drug-likeness (QED) is 0.727. The summed E-state index contributed by atoms with van der Waals surface area (Å²) in [6, 6.07) is 1.88. The lowest BCUT2D eigenvalue weighted by atomic mass is 10.3. The largest absolute Gasteiger partial charge is 0.375 e. The highest BCUT2D eigenvalue weighted by Crippen LogP contribution is 2.13. The van der Waals surface area contributed by atoms with Gasteiger partial charge >= 0.3 is 0 Å². The van der Waals surface area contributed by atoms with Gasteiger partial charge < -0.3 is 10.1 Å². The average Bonchev–Trinajstić information content (AvgIpc) is 2.25. The van der Waals surface area contributed by atoms with Crippen LogP contribution in [0.3, 0.4) is 0 Å². The van der Waals surface area contributed by atoms with Crippen LogP contribution in [0, 0.1) is 0 Å². The van der Waals surface area contributed by atoms with Gasteiger partial charge in [0.2, 0.25) is 0 Å². The van der Waals surface area contributed by atoms with Gasteiger partial charge in [-0.2, -0.15) is 0 Å². The van der Waals surface area contributed by atoms with Gasteiger partial charge in [-0.05, 0) is 24.6 Å². The Morgan fingerprint density at radius 3 is 3.07 bits per heavy atom. The molecule has 1 heterocycles. The number of ether oxygens (including phenoxy) is 1. The molecule has 1 aromatic heterocycles. The van der Waals surface area contributed by atoms with E-state index in [-0.39, 0.29) is 0 Å². The molecule has 3 nitrogen and oxygen atoms in total. The Bertz CT molecular complexity index is 281. The highest BCUT2D eigenvalue weighted by atomic mass is 35.5. The average molecular weight is 229 g/mol. The second-order valence-corrected chi connectivity index (χ2v) is 3.68. The summed E-state index contributed by atoms with van der Waals surface area (Å²) in [4.78, 5) is 3.91. The van der Waals surface area contributed by atoms with Crippen LogP contribution in [0.25, 0.3) is 0 Å². The van der Waals surface area contributed by atoms with Gasteiger partial charge in [0.05, 0.1) is 18.2 Å². The van der Waals surface area contributed by atoms with Gasteiger partial charge in [-0.1, -0.05) is 18.5 Å². The molecule has 4 heteroatoms. The molecule has 0 amide bonds. The van der Waals surface area contributed by atoms with Crippen LogP contribution in [0.5, 0.6) is 0 Å². The van der Waals surface area contributed by atoms with Gasteiger partial charge in [0, 0.05) is 18.9 Å². The molecule has 0 spiro atoms. The monoisotopic (exact) mass is 228 g/mol. The van der Waals surface area contributed by atoms with Crippen LogP contribution in [-0.2, 0) is 11.3 Å². The van der Waals surface area contributed by atoms with Crippen molar-refractivity contribution in [2.45, 2.75) is 20.0 Å². The number of hydrogen-bond acceptors (Lipinski definition) is 3. The Hall–Kier alpha value is -0.640. The lowest BCUT2D eigenvalue weighted by molar-refractivity contribution is 0.123.